The molecule has 1 heterocycles. The number of thioether (sulfide) groups is 1. The summed E-state index contributed by atoms with van der Waals surface area (Å²) in [7, 11) is 0. The number of rotatable bonds is 0. The molecule has 1 rings (SSSR count). The summed E-state index contributed by atoms with van der Waals surface area (Å²) in [5, 5.41) is 0. The maximum absolute atomic E-state index is 2.19. The van der Waals surface area contributed by atoms with Gasteiger partial charge in [-0.3, -0.25) is 0 Å². The highest BCUT2D eigenvalue weighted by molar-refractivity contribution is 7.99. The number of hydrogen-bond acceptors (Lipinski definition) is 1. The van der Waals surface area contributed by atoms with E-state index < -0.39 is 0 Å². The molecule has 0 amide bonds. The summed E-state index contributed by atoms with van der Waals surface area (Å²) in [6.45, 7) is 0. The van der Waals surface area contributed by atoms with Gasteiger partial charge in [-0.2, -0.15) is 11.8 Å². The molecule has 1 saturated heterocycles. The summed E-state index contributed by atoms with van der Waals surface area (Å²) in [5.41, 5.74) is 0. The summed E-state index contributed by atoms with van der Waals surface area (Å²) in [6.07, 6.45) is 20.8. The van der Waals surface area contributed by atoms with Crippen molar-refractivity contribution in [2.45, 2.75) is 89.9 Å². The molecule has 0 saturated carbocycles. The highest BCUT2D eigenvalue weighted by Crippen LogP contribution is 2.16. The van der Waals surface area contributed by atoms with Crippen LogP contribution < -0.4 is 0 Å². The summed E-state index contributed by atoms with van der Waals surface area (Å²) in [4.78, 5) is 0. The molecule has 17 heavy (non-hydrogen) atoms. The molecule has 1 aliphatic heterocycles. The van der Waals surface area contributed by atoms with E-state index in [-0.39, 0.29) is 0 Å². The molecule has 1 heteroatoms. The Morgan fingerprint density at radius 1 is 0.294 bits per heavy atom. The Labute approximate surface area is 113 Å². The molecule has 0 N–H and O–H groups in total. The molecule has 0 spiro atoms. The van der Waals surface area contributed by atoms with Crippen molar-refractivity contribution < 1.29 is 0 Å². The van der Waals surface area contributed by atoms with Crippen LogP contribution in [0.4, 0.5) is 0 Å². The van der Waals surface area contributed by atoms with Crippen molar-refractivity contribution >= 4 is 11.8 Å². The van der Waals surface area contributed by atoms with Crippen molar-refractivity contribution in [1.82, 2.24) is 0 Å². The lowest BCUT2D eigenvalue weighted by Crippen LogP contribution is -1.86. The molecular formula is C16H32S. The van der Waals surface area contributed by atoms with Gasteiger partial charge in [-0.1, -0.05) is 77.0 Å². The van der Waals surface area contributed by atoms with Gasteiger partial charge in [0.15, 0.2) is 0 Å². The molecule has 0 bridgehead atoms. The predicted molar refractivity (Wildman–Crippen MR) is 82.0 cm³/mol. The highest BCUT2D eigenvalue weighted by atomic mass is 32.2. The Balaban J connectivity index is 2.01. The van der Waals surface area contributed by atoms with Crippen LogP contribution in [-0.2, 0) is 0 Å². The van der Waals surface area contributed by atoms with Crippen LogP contribution in [0.25, 0.3) is 0 Å². The van der Waals surface area contributed by atoms with Crippen LogP contribution in [0.2, 0.25) is 0 Å². The second-order valence-electron chi connectivity index (χ2n) is 5.56. The molecule has 1 aliphatic rings. The minimum absolute atomic E-state index is 1.42. The van der Waals surface area contributed by atoms with Gasteiger partial charge < -0.3 is 0 Å². The van der Waals surface area contributed by atoms with E-state index in [0.717, 1.165) is 0 Å². The van der Waals surface area contributed by atoms with Gasteiger partial charge in [0.2, 0.25) is 0 Å². The molecule has 0 aliphatic carbocycles. The van der Waals surface area contributed by atoms with E-state index in [0.29, 0.717) is 0 Å². The van der Waals surface area contributed by atoms with Crippen LogP contribution in [0.1, 0.15) is 89.9 Å². The third-order valence-corrected chi connectivity index (χ3v) is 4.98. The van der Waals surface area contributed by atoms with E-state index in [9.17, 15) is 0 Å². The third-order valence-electron chi connectivity index (χ3n) is 3.83. The van der Waals surface area contributed by atoms with Gasteiger partial charge in [0.1, 0.15) is 0 Å². The standard InChI is InChI=1S/C16H32S/c1-2-4-6-8-10-12-14-16-17-15-13-11-9-7-5-3-1/h1-16H2. The zero-order valence-electron chi connectivity index (χ0n) is 11.7. The van der Waals surface area contributed by atoms with Crippen LogP contribution in [0.15, 0.2) is 0 Å². The fraction of sp³-hybridized carbons (Fsp3) is 1.00. The quantitative estimate of drug-likeness (QED) is 0.497. The Bertz CT molecular complexity index is 75.0. The molecular weight excluding hydrogens is 224 g/mol. The molecule has 0 unspecified atom stereocenters. The van der Waals surface area contributed by atoms with Gasteiger partial charge >= 0.3 is 0 Å². The molecule has 0 atom stereocenters. The minimum Gasteiger partial charge on any atom is -0.162 e. The molecule has 1 fully saturated rings. The Morgan fingerprint density at radius 2 is 0.529 bits per heavy atom. The summed E-state index contributed by atoms with van der Waals surface area (Å²) in [6, 6.07) is 0. The van der Waals surface area contributed by atoms with Gasteiger partial charge in [-0.15, -0.1) is 0 Å². The van der Waals surface area contributed by atoms with E-state index in [1.807, 2.05) is 0 Å². The first-order valence-corrected chi connectivity index (χ1v) is 9.23. The Hall–Kier alpha value is 0.350. The van der Waals surface area contributed by atoms with Crippen molar-refractivity contribution in [3.8, 4) is 0 Å². The van der Waals surface area contributed by atoms with Crippen molar-refractivity contribution in [3.63, 3.8) is 0 Å². The smallest absolute Gasteiger partial charge is 0.00675 e. The zero-order valence-corrected chi connectivity index (χ0v) is 12.5. The van der Waals surface area contributed by atoms with Gasteiger partial charge in [-0.05, 0) is 24.3 Å². The van der Waals surface area contributed by atoms with Gasteiger partial charge in [0.25, 0.3) is 0 Å². The predicted octanol–water partition coefficient (Wildman–Crippen LogP) is 6.19. The average molecular weight is 256 g/mol. The van der Waals surface area contributed by atoms with Crippen LogP contribution in [0, 0.1) is 0 Å². The monoisotopic (exact) mass is 256 g/mol. The van der Waals surface area contributed by atoms with E-state index in [2.05, 4.69) is 11.8 Å². The fourth-order valence-corrected chi connectivity index (χ4v) is 3.65. The van der Waals surface area contributed by atoms with Gasteiger partial charge in [0.05, 0.1) is 0 Å². The van der Waals surface area contributed by atoms with Crippen LogP contribution in [0.5, 0.6) is 0 Å². The van der Waals surface area contributed by atoms with Crippen LogP contribution >= 0.6 is 11.8 Å². The Morgan fingerprint density at radius 3 is 0.824 bits per heavy atom. The Kier molecular flexibility index (Phi) is 11.6. The lowest BCUT2D eigenvalue weighted by atomic mass is 10.0. The van der Waals surface area contributed by atoms with Crippen molar-refractivity contribution in [2.75, 3.05) is 11.5 Å². The summed E-state index contributed by atoms with van der Waals surface area (Å²) in [5.74, 6) is 2.83. The van der Waals surface area contributed by atoms with Crippen LogP contribution in [0.3, 0.4) is 0 Å². The summed E-state index contributed by atoms with van der Waals surface area (Å²) < 4.78 is 0. The van der Waals surface area contributed by atoms with Gasteiger partial charge in [0, 0.05) is 0 Å². The van der Waals surface area contributed by atoms with Crippen LogP contribution in [-0.4, -0.2) is 11.5 Å². The van der Waals surface area contributed by atoms with Crippen molar-refractivity contribution in [3.05, 3.63) is 0 Å². The topological polar surface area (TPSA) is 0 Å². The molecule has 102 valence electrons. The lowest BCUT2D eigenvalue weighted by Gasteiger charge is -2.02. The van der Waals surface area contributed by atoms with E-state index in [4.69, 9.17) is 0 Å². The van der Waals surface area contributed by atoms with E-state index in [1.54, 1.807) is 0 Å². The van der Waals surface area contributed by atoms with E-state index in [1.165, 1.54) is 101 Å². The second-order valence-corrected chi connectivity index (χ2v) is 6.79. The highest BCUT2D eigenvalue weighted by Gasteiger charge is 1.96. The first-order valence-electron chi connectivity index (χ1n) is 8.08. The SMILES string of the molecule is C1CCCCCCCCSCCCCCCC1. The van der Waals surface area contributed by atoms with Gasteiger partial charge in [-0.25, -0.2) is 0 Å². The number of hydrogen-bond donors (Lipinski definition) is 0. The molecule has 0 aromatic heterocycles. The molecule has 0 aromatic rings. The lowest BCUT2D eigenvalue weighted by molar-refractivity contribution is 0.540. The van der Waals surface area contributed by atoms with Crippen molar-refractivity contribution in [1.29, 1.82) is 0 Å². The second kappa shape index (κ2) is 12.8. The largest absolute Gasteiger partial charge is 0.162 e. The molecule has 0 nitrogen and oxygen atoms in total. The zero-order chi connectivity index (χ0) is 12.0. The van der Waals surface area contributed by atoms with E-state index >= 15 is 0 Å². The molecule has 0 aromatic carbocycles. The maximum Gasteiger partial charge on any atom is -0.00675 e. The average Bonchev–Trinajstić information content (AvgIpc) is 2.35. The first kappa shape index (κ1) is 15.4. The first-order chi connectivity index (χ1) is 8.50. The minimum atomic E-state index is 1.42. The normalized spacial score (nSPS) is 24.0. The third kappa shape index (κ3) is 11.2. The summed E-state index contributed by atoms with van der Waals surface area (Å²) >= 11 is 2.19. The van der Waals surface area contributed by atoms with Crippen molar-refractivity contribution in [2.24, 2.45) is 0 Å². The maximum atomic E-state index is 2.19. The fourth-order valence-electron chi connectivity index (χ4n) is 2.63. The molecule has 0 radical (unpaired) electrons.